The highest BCUT2D eigenvalue weighted by molar-refractivity contribution is 7.99. The first-order valence-corrected chi connectivity index (χ1v) is 9.55. The zero-order valence-corrected chi connectivity index (χ0v) is 15.6. The zero-order chi connectivity index (χ0) is 16.2. The van der Waals surface area contributed by atoms with Crippen LogP contribution in [0.2, 0.25) is 0 Å². The molecule has 2 heterocycles. The maximum atomic E-state index is 13.9. The molecule has 2 aliphatic heterocycles. The lowest BCUT2D eigenvalue weighted by atomic mass is 9.84. The summed E-state index contributed by atoms with van der Waals surface area (Å²) in [6.45, 7) is 4.30. The van der Waals surface area contributed by atoms with E-state index >= 15 is 0 Å². The van der Waals surface area contributed by atoms with E-state index in [9.17, 15) is 9.18 Å². The number of thioether (sulfide) groups is 1. The van der Waals surface area contributed by atoms with Gasteiger partial charge in [-0.05, 0) is 55.8 Å². The summed E-state index contributed by atoms with van der Waals surface area (Å²) in [5.41, 5.74) is 0.934. The molecular formula is C18H26ClFN2OS. The Morgan fingerprint density at radius 2 is 2.12 bits per heavy atom. The van der Waals surface area contributed by atoms with Crippen LogP contribution in [0.15, 0.2) is 23.1 Å². The van der Waals surface area contributed by atoms with Crippen molar-refractivity contribution in [3.05, 3.63) is 29.6 Å². The molecule has 0 aromatic heterocycles. The van der Waals surface area contributed by atoms with E-state index in [4.69, 9.17) is 0 Å². The Labute approximate surface area is 154 Å². The van der Waals surface area contributed by atoms with Crippen LogP contribution < -0.4 is 10.6 Å². The van der Waals surface area contributed by atoms with E-state index in [-0.39, 0.29) is 30.2 Å². The lowest BCUT2D eigenvalue weighted by molar-refractivity contribution is -0.123. The molecule has 1 saturated heterocycles. The summed E-state index contributed by atoms with van der Waals surface area (Å²) in [7, 11) is 0. The summed E-state index contributed by atoms with van der Waals surface area (Å²) in [5.74, 6) is 1.82. The van der Waals surface area contributed by atoms with E-state index in [1.165, 1.54) is 6.07 Å². The molecule has 2 N–H and O–H groups in total. The van der Waals surface area contributed by atoms with Crippen molar-refractivity contribution in [1.29, 1.82) is 0 Å². The number of carbonyl (C=O) groups excluding carboxylic acids is 1. The molecule has 1 fully saturated rings. The van der Waals surface area contributed by atoms with Crippen molar-refractivity contribution >= 4 is 30.1 Å². The van der Waals surface area contributed by atoms with Crippen molar-refractivity contribution in [2.75, 3.05) is 18.8 Å². The number of hydrogen-bond acceptors (Lipinski definition) is 3. The van der Waals surface area contributed by atoms with Gasteiger partial charge >= 0.3 is 0 Å². The summed E-state index contributed by atoms with van der Waals surface area (Å²) in [4.78, 5) is 13.1. The van der Waals surface area contributed by atoms with Gasteiger partial charge in [0.25, 0.3) is 0 Å². The number of carbonyl (C=O) groups is 1. The zero-order valence-electron chi connectivity index (χ0n) is 14.0. The Bertz CT molecular complexity index is 566. The predicted molar refractivity (Wildman–Crippen MR) is 99.2 cm³/mol. The summed E-state index contributed by atoms with van der Waals surface area (Å²) >= 11 is 1.55. The Kier molecular flexibility index (Phi) is 7.38. The number of piperidine rings is 1. The number of benzene rings is 1. The first-order valence-electron chi connectivity index (χ1n) is 8.56. The van der Waals surface area contributed by atoms with Gasteiger partial charge in [0.2, 0.25) is 5.91 Å². The summed E-state index contributed by atoms with van der Waals surface area (Å²) < 4.78 is 13.9. The molecule has 0 spiro atoms. The van der Waals surface area contributed by atoms with E-state index in [1.54, 1.807) is 17.8 Å². The van der Waals surface area contributed by atoms with Crippen LogP contribution in [-0.2, 0) is 4.79 Å². The topological polar surface area (TPSA) is 41.1 Å². The smallest absolute Gasteiger partial charge is 0.220 e. The molecule has 2 unspecified atom stereocenters. The summed E-state index contributed by atoms with van der Waals surface area (Å²) in [6, 6.07) is 5.12. The van der Waals surface area contributed by atoms with Gasteiger partial charge in [-0.15, -0.1) is 24.2 Å². The van der Waals surface area contributed by atoms with Crippen LogP contribution in [0.5, 0.6) is 0 Å². The maximum absolute atomic E-state index is 13.9. The minimum absolute atomic E-state index is 0. The van der Waals surface area contributed by atoms with Crippen molar-refractivity contribution in [2.45, 2.75) is 43.5 Å². The summed E-state index contributed by atoms with van der Waals surface area (Å²) in [6.07, 6.45) is 3.75. The Hall–Kier alpha value is -0.780. The van der Waals surface area contributed by atoms with Crippen molar-refractivity contribution in [3.63, 3.8) is 0 Å². The average molecular weight is 373 g/mol. The molecule has 0 saturated carbocycles. The fourth-order valence-electron chi connectivity index (χ4n) is 3.66. The van der Waals surface area contributed by atoms with Gasteiger partial charge in [0.1, 0.15) is 5.82 Å². The van der Waals surface area contributed by atoms with Crippen LogP contribution in [0.4, 0.5) is 4.39 Å². The molecule has 2 atom stereocenters. The number of nitrogens with one attached hydrogen (secondary N) is 2. The molecule has 3 rings (SSSR count). The normalized spacial score (nSPS) is 22.2. The monoisotopic (exact) mass is 372 g/mol. The summed E-state index contributed by atoms with van der Waals surface area (Å²) in [5, 5.41) is 6.50. The number of amides is 1. The largest absolute Gasteiger partial charge is 0.349 e. The maximum Gasteiger partial charge on any atom is 0.220 e. The van der Waals surface area contributed by atoms with Crippen molar-refractivity contribution in [3.8, 4) is 0 Å². The van der Waals surface area contributed by atoms with Gasteiger partial charge in [-0.25, -0.2) is 4.39 Å². The predicted octanol–water partition coefficient (Wildman–Crippen LogP) is 3.93. The van der Waals surface area contributed by atoms with Gasteiger partial charge in [0.15, 0.2) is 0 Å². The van der Waals surface area contributed by atoms with Crippen LogP contribution in [0.3, 0.4) is 0 Å². The lowest BCUT2D eigenvalue weighted by Crippen LogP contribution is -2.35. The van der Waals surface area contributed by atoms with Gasteiger partial charge in [-0.3, -0.25) is 4.79 Å². The number of fused-ring (bicyclic) bond motifs is 1. The van der Waals surface area contributed by atoms with Crippen molar-refractivity contribution in [2.24, 2.45) is 11.8 Å². The van der Waals surface area contributed by atoms with E-state index in [0.717, 1.165) is 43.7 Å². The fourth-order valence-corrected chi connectivity index (χ4v) is 4.80. The third-order valence-electron chi connectivity index (χ3n) is 5.06. The molecule has 0 radical (unpaired) electrons. The van der Waals surface area contributed by atoms with E-state index in [2.05, 4.69) is 17.6 Å². The second kappa shape index (κ2) is 9.07. The van der Waals surface area contributed by atoms with Crippen LogP contribution in [0.25, 0.3) is 0 Å². The third kappa shape index (κ3) is 4.64. The van der Waals surface area contributed by atoms with E-state index in [0.29, 0.717) is 23.2 Å². The first-order chi connectivity index (χ1) is 11.1. The lowest BCUT2D eigenvalue weighted by Gasteiger charge is -2.30. The first kappa shape index (κ1) is 19.5. The average Bonchev–Trinajstić information content (AvgIpc) is 2.56. The van der Waals surface area contributed by atoms with Crippen LogP contribution in [-0.4, -0.2) is 24.7 Å². The quantitative estimate of drug-likeness (QED) is 0.841. The highest BCUT2D eigenvalue weighted by Gasteiger charge is 2.26. The number of hydrogen-bond donors (Lipinski definition) is 2. The highest BCUT2D eigenvalue weighted by Crippen LogP contribution is 2.37. The number of halogens is 2. The molecule has 1 amide bonds. The number of rotatable bonds is 4. The molecule has 3 nitrogen and oxygen atoms in total. The Morgan fingerprint density at radius 1 is 1.38 bits per heavy atom. The molecule has 0 aliphatic carbocycles. The standard InChI is InChI=1S/C18H25FN2OS.ClH/c1-12(13-5-8-20-9-6-13)11-17(22)21-16-7-10-23-18-14(16)3-2-4-15(18)19;/h2-4,12-13,16,20H,5-11H2,1H3,(H,21,22);1H. The molecule has 134 valence electrons. The molecule has 1 aromatic carbocycles. The molecule has 0 bridgehead atoms. The van der Waals surface area contributed by atoms with Gasteiger partial charge in [-0.2, -0.15) is 0 Å². The minimum Gasteiger partial charge on any atom is -0.349 e. The molecule has 1 aromatic rings. The highest BCUT2D eigenvalue weighted by atomic mass is 35.5. The Morgan fingerprint density at radius 3 is 2.88 bits per heavy atom. The molecule has 24 heavy (non-hydrogen) atoms. The van der Waals surface area contributed by atoms with Gasteiger partial charge in [-0.1, -0.05) is 19.1 Å². The van der Waals surface area contributed by atoms with Crippen molar-refractivity contribution < 1.29 is 9.18 Å². The molecule has 6 heteroatoms. The SMILES string of the molecule is CC(CC(=O)NC1CCSc2c(F)cccc21)C1CCNCC1.Cl. The van der Waals surface area contributed by atoms with Crippen molar-refractivity contribution in [1.82, 2.24) is 10.6 Å². The van der Waals surface area contributed by atoms with Gasteiger partial charge < -0.3 is 10.6 Å². The van der Waals surface area contributed by atoms with E-state index < -0.39 is 0 Å². The molecular weight excluding hydrogens is 347 g/mol. The Balaban J connectivity index is 0.00000208. The van der Waals surface area contributed by atoms with Crippen LogP contribution in [0, 0.1) is 17.7 Å². The third-order valence-corrected chi connectivity index (χ3v) is 6.22. The van der Waals surface area contributed by atoms with Gasteiger partial charge in [0, 0.05) is 17.1 Å². The van der Waals surface area contributed by atoms with E-state index in [1.807, 2.05) is 6.07 Å². The van der Waals surface area contributed by atoms with Gasteiger partial charge in [0.05, 0.1) is 6.04 Å². The second-order valence-electron chi connectivity index (χ2n) is 6.68. The second-order valence-corrected chi connectivity index (χ2v) is 7.79. The fraction of sp³-hybridized carbons (Fsp3) is 0.611. The molecule has 2 aliphatic rings. The van der Waals surface area contributed by atoms with Crippen LogP contribution in [0.1, 0.15) is 44.2 Å². The minimum atomic E-state index is -0.172. The van der Waals surface area contributed by atoms with Crippen LogP contribution >= 0.6 is 24.2 Å².